The Morgan fingerprint density at radius 2 is 0.811 bits per heavy atom. The molecule has 0 spiro atoms. The fraction of sp³-hybridized carbons (Fsp3) is 0. The molecule has 0 aliphatic carbocycles. The molecular weight excluding hydrogens is 645 g/mol. The summed E-state index contributed by atoms with van der Waals surface area (Å²) in [5.41, 5.74) is 10.8. The molecule has 0 N–H and O–H groups in total. The van der Waals surface area contributed by atoms with Gasteiger partial charge in [-0.25, -0.2) is 15.0 Å². The highest BCUT2D eigenvalue weighted by atomic mass is 15.0. The summed E-state index contributed by atoms with van der Waals surface area (Å²) in [4.78, 5) is 15.2. The summed E-state index contributed by atoms with van der Waals surface area (Å²) in [5, 5.41) is 4.94. The van der Waals surface area contributed by atoms with Gasteiger partial charge in [-0.1, -0.05) is 164 Å². The fourth-order valence-corrected chi connectivity index (χ4v) is 7.45. The number of benzene rings is 8. The molecule has 2 heterocycles. The lowest BCUT2D eigenvalue weighted by Crippen LogP contribution is -2.00. The number of para-hydroxylation sites is 3. The molecule has 53 heavy (non-hydrogen) atoms. The van der Waals surface area contributed by atoms with Crippen molar-refractivity contribution in [3.05, 3.63) is 194 Å². The van der Waals surface area contributed by atoms with E-state index >= 15 is 0 Å². The number of hydrogen-bond acceptors (Lipinski definition) is 3. The van der Waals surface area contributed by atoms with Gasteiger partial charge in [-0.15, -0.1) is 0 Å². The van der Waals surface area contributed by atoms with Crippen molar-refractivity contribution in [3.8, 4) is 62.1 Å². The molecule has 0 fully saturated rings. The average Bonchev–Trinajstić information content (AvgIpc) is 3.58. The Kier molecular flexibility index (Phi) is 7.43. The van der Waals surface area contributed by atoms with Crippen molar-refractivity contribution in [3.63, 3.8) is 0 Å². The largest absolute Gasteiger partial charge is 0.309 e. The highest BCUT2D eigenvalue weighted by Crippen LogP contribution is 2.37. The number of nitrogens with zero attached hydrogens (tertiary/aromatic N) is 4. The van der Waals surface area contributed by atoms with E-state index in [1.54, 1.807) is 0 Å². The standard InChI is InChI=1S/C49H32N4/c1-2-14-35(15-3-1)47-50-48(36-28-25-34(26-29-36)38-30-27-33-13-4-5-16-37(33)31-38)52-49(51-47)40-18-12-17-39(32-40)41-19-6-9-22-44(41)53-45-23-10-7-20-42(45)43-21-8-11-24-46(43)53/h1-32H. The molecule has 248 valence electrons. The Morgan fingerprint density at radius 3 is 1.55 bits per heavy atom. The first-order valence-electron chi connectivity index (χ1n) is 17.9. The smallest absolute Gasteiger partial charge is 0.164 e. The van der Waals surface area contributed by atoms with Gasteiger partial charge in [-0.3, -0.25) is 0 Å². The van der Waals surface area contributed by atoms with Crippen LogP contribution in [-0.4, -0.2) is 19.5 Å². The van der Waals surface area contributed by atoms with Gasteiger partial charge in [0.25, 0.3) is 0 Å². The number of rotatable bonds is 6. The van der Waals surface area contributed by atoms with Gasteiger partial charge in [0.05, 0.1) is 16.7 Å². The van der Waals surface area contributed by atoms with Crippen LogP contribution >= 0.6 is 0 Å². The second kappa shape index (κ2) is 12.9. The summed E-state index contributed by atoms with van der Waals surface area (Å²) in [5.74, 6) is 1.90. The number of aromatic nitrogens is 4. The highest BCUT2D eigenvalue weighted by molar-refractivity contribution is 6.09. The maximum absolute atomic E-state index is 5.10. The maximum Gasteiger partial charge on any atom is 0.164 e. The first-order chi connectivity index (χ1) is 26.3. The summed E-state index contributed by atoms with van der Waals surface area (Å²) >= 11 is 0. The minimum Gasteiger partial charge on any atom is -0.309 e. The average molecular weight is 677 g/mol. The zero-order chi connectivity index (χ0) is 35.1. The van der Waals surface area contributed by atoms with Gasteiger partial charge >= 0.3 is 0 Å². The van der Waals surface area contributed by atoms with Crippen molar-refractivity contribution in [2.75, 3.05) is 0 Å². The van der Waals surface area contributed by atoms with Gasteiger partial charge in [0.1, 0.15) is 0 Å². The molecule has 8 aromatic carbocycles. The van der Waals surface area contributed by atoms with Crippen molar-refractivity contribution < 1.29 is 0 Å². The van der Waals surface area contributed by atoms with Crippen molar-refractivity contribution >= 4 is 32.6 Å². The SMILES string of the molecule is c1ccc(-c2nc(-c3ccc(-c4ccc5ccccc5c4)cc3)nc(-c3cccc(-c4ccccc4-n4c5ccccc5c5ccccc54)c3)n2)cc1. The van der Waals surface area contributed by atoms with Gasteiger partial charge in [0.2, 0.25) is 0 Å². The third-order valence-corrected chi connectivity index (χ3v) is 10.1. The van der Waals surface area contributed by atoms with E-state index in [9.17, 15) is 0 Å². The minimum atomic E-state index is 0.628. The van der Waals surface area contributed by atoms with E-state index in [0.29, 0.717) is 17.5 Å². The summed E-state index contributed by atoms with van der Waals surface area (Å²) in [6.07, 6.45) is 0. The molecule has 0 aliphatic heterocycles. The molecule has 2 aromatic heterocycles. The molecule has 0 amide bonds. The Balaban J connectivity index is 1.08. The normalized spacial score (nSPS) is 11.4. The molecular formula is C49H32N4. The van der Waals surface area contributed by atoms with Crippen molar-refractivity contribution in [2.45, 2.75) is 0 Å². The number of fused-ring (bicyclic) bond motifs is 4. The van der Waals surface area contributed by atoms with Crippen molar-refractivity contribution in [1.29, 1.82) is 0 Å². The Bertz CT molecular complexity index is 2890. The van der Waals surface area contributed by atoms with Crippen molar-refractivity contribution in [1.82, 2.24) is 19.5 Å². The molecule has 0 radical (unpaired) electrons. The zero-order valence-electron chi connectivity index (χ0n) is 28.8. The summed E-state index contributed by atoms with van der Waals surface area (Å²) in [6, 6.07) is 68.1. The maximum atomic E-state index is 5.10. The van der Waals surface area contributed by atoms with Crippen LogP contribution in [-0.2, 0) is 0 Å². The van der Waals surface area contributed by atoms with Crippen LogP contribution in [0, 0.1) is 0 Å². The molecule has 0 saturated carbocycles. The summed E-state index contributed by atoms with van der Waals surface area (Å²) < 4.78 is 2.38. The molecule has 0 saturated heterocycles. The van der Waals surface area contributed by atoms with Gasteiger partial charge in [-0.05, 0) is 57.8 Å². The third-order valence-electron chi connectivity index (χ3n) is 10.1. The van der Waals surface area contributed by atoms with E-state index in [0.717, 1.165) is 39.1 Å². The lowest BCUT2D eigenvalue weighted by Gasteiger charge is -2.15. The molecule has 10 aromatic rings. The van der Waals surface area contributed by atoms with E-state index < -0.39 is 0 Å². The van der Waals surface area contributed by atoms with Crippen LogP contribution in [0.5, 0.6) is 0 Å². The molecule has 0 unspecified atom stereocenters. The molecule has 0 bridgehead atoms. The van der Waals surface area contributed by atoms with Crippen LogP contribution in [0.25, 0.3) is 94.7 Å². The Hall–Kier alpha value is -7.17. The van der Waals surface area contributed by atoms with Crippen LogP contribution in [0.15, 0.2) is 194 Å². The predicted octanol–water partition coefficient (Wildman–Crippen LogP) is 12.5. The van der Waals surface area contributed by atoms with Gasteiger partial charge in [0.15, 0.2) is 17.5 Å². The van der Waals surface area contributed by atoms with E-state index in [-0.39, 0.29) is 0 Å². The monoisotopic (exact) mass is 676 g/mol. The quantitative estimate of drug-likeness (QED) is 0.176. The lowest BCUT2D eigenvalue weighted by molar-refractivity contribution is 1.07. The second-order valence-corrected chi connectivity index (χ2v) is 13.3. The topological polar surface area (TPSA) is 43.6 Å². The van der Waals surface area contributed by atoms with Crippen LogP contribution in [0.1, 0.15) is 0 Å². The fourth-order valence-electron chi connectivity index (χ4n) is 7.45. The van der Waals surface area contributed by atoms with E-state index in [1.165, 1.54) is 38.1 Å². The first kappa shape index (κ1) is 30.6. The molecule has 10 rings (SSSR count). The molecule has 0 aliphatic rings. The minimum absolute atomic E-state index is 0.628. The Labute approximate surface area is 307 Å². The summed E-state index contributed by atoms with van der Waals surface area (Å²) in [6.45, 7) is 0. The van der Waals surface area contributed by atoms with Crippen LogP contribution in [0.3, 0.4) is 0 Å². The molecule has 4 nitrogen and oxygen atoms in total. The van der Waals surface area contributed by atoms with Crippen LogP contribution in [0.4, 0.5) is 0 Å². The molecule has 4 heteroatoms. The predicted molar refractivity (Wildman–Crippen MR) is 219 cm³/mol. The van der Waals surface area contributed by atoms with Crippen molar-refractivity contribution in [2.24, 2.45) is 0 Å². The highest BCUT2D eigenvalue weighted by Gasteiger charge is 2.17. The lowest BCUT2D eigenvalue weighted by atomic mass is 10.00. The van der Waals surface area contributed by atoms with Crippen LogP contribution in [0.2, 0.25) is 0 Å². The van der Waals surface area contributed by atoms with E-state index in [2.05, 4.69) is 168 Å². The van der Waals surface area contributed by atoms with Gasteiger partial charge in [-0.2, -0.15) is 0 Å². The van der Waals surface area contributed by atoms with E-state index in [4.69, 9.17) is 15.0 Å². The molecule has 0 atom stereocenters. The summed E-state index contributed by atoms with van der Waals surface area (Å²) in [7, 11) is 0. The third kappa shape index (κ3) is 5.54. The zero-order valence-corrected chi connectivity index (χ0v) is 28.8. The van der Waals surface area contributed by atoms with Crippen LogP contribution < -0.4 is 0 Å². The van der Waals surface area contributed by atoms with Gasteiger partial charge < -0.3 is 4.57 Å². The Morgan fingerprint density at radius 1 is 0.302 bits per heavy atom. The van der Waals surface area contributed by atoms with Gasteiger partial charge in [0, 0.05) is 33.0 Å². The second-order valence-electron chi connectivity index (χ2n) is 13.3. The first-order valence-corrected chi connectivity index (χ1v) is 17.9. The number of hydrogen-bond donors (Lipinski definition) is 0. The van der Waals surface area contributed by atoms with E-state index in [1.807, 2.05) is 30.3 Å².